The molecule has 0 bridgehead atoms. The van der Waals surface area contributed by atoms with Crippen molar-refractivity contribution in [3.05, 3.63) is 95.0 Å². The van der Waals surface area contributed by atoms with Crippen molar-refractivity contribution in [2.75, 3.05) is 0 Å². The van der Waals surface area contributed by atoms with Gasteiger partial charge in [-0.15, -0.1) is 11.6 Å². The van der Waals surface area contributed by atoms with E-state index in [4.69, 9.17) is 32.7 Å². The third kappa shape index (κ3) is 5.60. The minimum absolute atomic E-state index is 0.135. The van der Waals surface area contributed by atoms with Crippen LogP contribution in [0.2, 0.25) is 5.02 Å². The molecule has 1 saturated carbocycles. The van der Waals surface area contributed by atoms with Crippen molar-refractivity contribution in [2.45, 2.75) is 28.6 Å². The zero-order valence-corrected chi connectivity index (χ0v) is 24.2. The number of nitrogens with zero attached hydrogens (tertiary/aromatic N) is 1. The fourth-order valence-corrected chi connectivity index (χ4v) is 6.64. The molecule has 3 aromatic rings. The van der Waals surface area contributed by atoms with Crippen LogP contribution in [0.1, 0.15) is 31.1 Å². The largest absolute Gasteiger partial charge is 0.457 e. The number of benzene rings is 3. The van der Waals surface area contributed by atoms with Crippen LogP contribution in [-0.4, -0.2) is 10.8 Å². The number of ether oxygens (including phenoxy) is 2. The molecule has 3 aromatic carbocycles. The van der Waals surface area contributed by atoms with Gasteiger partial charge in [-0.25, -0.2) is 0 Å². The number of nitriles is 1. The number of halogens is 4. The van der Waals surface area contributed by atoms with Crippen LogP contribution in [0.5, 0.6) is 11.5 Å². The molecule has 1 aliphatic rings. The van der Waals surface area contributed by atoms with Gasteiger partial charge in [0.25, 0.3) is 0 Å². The van der Waals surface area contributed by atoms with Crippen molar-refractivity contribution in [1.82, 2.24) is 0 Å². The van der Waals surface area contributed by atoms with Crippen molar-refractivity contribution in [2.24, 2.45) is 17.3 Å². The number of para-hydroxylation sites is 1. The topological polar surface area (TPSA) is 59.3 Å². The van der Waals surface area contributed by atoms with Gasteiger partial charge in [0, 0.05) is 10.6 Å². The summed E-state index contributed by atoms with van der Waals surface area (Å²) in [6.07, 6.45) is -1.07. The molecule has 0 radical (unpaired) electrons. The average Bonchev–Trinajstić information content (AvgIpc) is 3.44. The summed E-state index contributed by atoms with van der Waals surface area (Å²) in [7, 11) is 0. The molecule has 5 atom stereocenters. The standard InChI is InChI=1S/C28H23Br2Cl2NO3/c1-27(2)23(25(29)28(30,32)18-11-13-19(31)14-12-18)24(27)26(34)36-22(16-33)17-7-6-10-21(15-17)35-20-8-4-3-5-9-20/h3-15,22-25H,1-2H3/t22?,23-,24+,25-,28-/m0/s1. The Morgan fingerprint density at radius 1 is 1.06 bits per heavy atom. The van der Waals surface area contributed by atoms with Crippen molar-refractivity contribution in [1.29, 1.82) is 5.26 Å². The van der Waals surface area contributed by atoms with Crippen molar-refractivity contribution >= 4 is 61.0 Å². The lowest BCUT2D eigenvalue weighted by molar-refractivity contribution is -0.149. The second-order valence-corrected chi connectivity index (χ2v) is 13.0. The van der Waals surface area contributed by atoms with Crippen LogP contribution in [0.25, 0.3) is 0 Å². The van der Waals surface area contributed by atoms with Crippen LogP contribution >= 0.6 is 55.1 Å². The van der Waals surface area contributed by atoms with Crippen molar-refractivity contribution in [3.8, 4) is 17.6 Å². The highest BCUT2D eigenvalue weighted by molar-refractivity contribution is 9.12. The smallest absolute Gasteiger partial charge is 0.311 e. The van der Waals surface area contributed by atoms with Gasteiger partial charge in [-0.1, -0.05) is 99.8 Å². The fraction of sp³-hybridized carbons (Fsp3) is 0.286. The molecule has 0 N–H and O–H groups in total. The van der Waals surface area contributed by atoms with E-state index >= 15 is 0 Å². The van der Waals surface area contributed by atoms with Gasteiger partial charge >= 0.3 is 5.97 Å². The first-order chi connectivity index (χ1) is 17.1. The van der Waals surface area contributed by atoms with E-state index in [1.165, 1.54) is 0 Å². The molecule has 36 heavy (non-hydrogen) atoms. The van der Waals surface area contributed by atoms with Gasteiger partial charge in [-0.3, -0.25) is 4.79 Å². The third-order valence-electron chi connectivity index (χ3n) is 6.55. The first-order valence-corrected chi connectivity index (χ1v) is 13.7. The van der Waals surface area contributed by atoms with Gasteiger partial charge in [0.05, 0.1) is 10.7 Å². The molecular weight excluding hydrogens is 629 g/mol. The molecule has 0 saturated heterocycles. The maximum absolute atomic E-state index is 13.3. The Morgan fingerprint density at radius 3 is 2.33 bits per heavy atom. The Kier molecular flexibility index (Phi) is 8.07. The minimum Gasteiger partial charge on any atom is -0.457 e. The van der Waals surface area contributed by atoms with E-state index in [0.717, 1.165) is 5.56 Å². The Labute approximate surface area is 237 Å². The molecule has 1 aliphatic carbocycles. The lowest BCUT2D eigenvalue weighted by atomic mass is 10.0. The van der Waals surface area contributed by atoms with E-state index in [1.54, 1.807) is 36.4 Å². The summed E-state index contributed by atoms with van der Waals surface area (Å²) in [6, 6.07) is 25.7. The molecular formula is C28H23Br2Cl2NO3. The zero-order valence-electron chi connectivity index (χ0n) is 19.5. The van der Waals surface area contributed by atoms with Gasteiger partial charge in [0.1, 0.15) is 21.4 Å². The van der Waals surface area contributed by atoms with Crippen LogP contribution in [0, 0.1) is 28.6 Å². The van der Waals surface area contributed by atoms with Gasteiger partial charge in [-0.05, 0) is 53.3 Å². The lowest BCUT2D eigenvalue weighted by Gasteiger charge is -2.28. The number of carbonyl (C=O) groups excluding carboxylic acids is 1. The van der Waals surface area contributed by atoms with Crippen LogP contribution < -0.4 is 4.74 Å². The van der Waals surface area contributed by atoms with Crippen LogP contribution in [0.3, 0.4) is 0 Å². The zero-order chi connectivity index (χ0) is 26.1. The maximum Gasteiger partial charge on any atom is 0.311 e. The third-order valence-corrected chi connectivity index (χ3v) is 10.3. The Balaban J connectivity index is 1.48. The van der Waals surface area contributed by atoms with Crippen molar-refractivity contribution < 1.29 is 14.3 Å². The SMILES string of the molecule is CC1(C)[C@H]([C@H](Br)[C@](Cl)(Br)c2ccc(Cl)cc2)[C@@H]1C(=O)OC(C#N)c1cccc(Oc2ccccc2)c1. The minimum atomic E-state index is -1.07. The summed E-state index contributed by atoms with van der Waals surface area (Å²) in [5, 5.41) is 10.4. The van der Waals surface area contributed by atoms with Crippen LogP contribution in [0.4, 0.5) is 0 Å². The van der Waals surface area contributed by atoms with Crippen LogP contribution in [-0.2, 0) is 13.3 Å². The van der Waals surface area contributed by atoms with Gasteiger partial charge < -0.3 is 9.47 Å². The molecule has 0 spiro atoms. The predicted octanol–water partition coefficient (Wildman–Crippen LogP) is 8.76. The van der Waals surface area contributed by atoms with Gasteiger partial charge in [0.2, 0.25) is 6.10 Å². The summed E-state index contributed by atoms with van der Waals surface area (Å²) in [6.45, 7) is 3.99. The normalized spacial score (nSPS) is 21.4. The first-order valence-electron chi connectivity index (χ1n) is 11.3. The molecule has 1 unspecified atom stereocenters. The fourth-order valence-electron chi connectivity index (χ4n) is 4.45. The highest BCUT2D eigenvalue weighted by Crippen LogP contribution is 2.66. The molecule has 8 heteroatoms. The van der Waals surface area contributed by atoms with Crippen molar-refractivity contribution in [3.63, 3.8) is 0 Å². The summed E-state index contributed by atoms with van der Waals surface area (Å²) < 4.78 is 10.6. The Bertz CT molecular complexity index is 1280. The molecule has 4 nitrogen and oxygen atoms in total. The number of carbonyl (C=O) groups is 1. The number of hydrogen-bond acceptors (Lipinski definition) is 4. The quantitative estimate of drug-likeness (QED) is 0.181. The molecule has 0 heterocycles. The highest BCUT2D eigenvalue weighted by Gasteiger charge is 2.68. The molecule has 186 valence electrons. The van der Waals surface area contributed by atoms with E-state index in [-0.39, 0.29) is 16.2 Å². The molecule has 0 aliphatic heterocycles. The molecule has 4 rings (SSSR count). The number of alkyl halides is 3. The number of rotatable bonds is 8. The van der Waals surface area contributed by atoms with E-state index in [1.807, 2.05) is 56.3 Å². The second-order valence-electron chi connectivity index (χ2n) is 9.29. The Morgan fingerprint density at radius 2 is 1.69 bits per heavy atom. The van der Waals surface area contributed by atoms with E-state index < -0.39 is 21.8 Å². The molecule has 0 aromatic heterocycles. The summed E-state index contributed by atoms with van der Waals surface area (Å²) >= 11 is 20.3. The second kappa shape index (κ2) is 10.8. The number of hydrogen-bond donors (Lipinski definition) is 0. The lowest BCUT2D eigenvalue weighted by Crippen LogP contribution is -2.27. The maximum atomic E-state index is 13.3. The average molecular weight is 652 g/mol. The van der Waals surface area contributed by atoms with E-state index in [2.05, 4.69) is 37.9 Å². The monoisotopic (exact) mass is 649 g/mol. The van der Waals surface area contributed by atoms with Gasteiger partial charge in [0.15, 0.2) is 0 Å². The summed E-state index contributed by atoms with van der Waals surface area (Å²) in [5.41, 5.74) is 0.970. The van der Waals surface area contributed by atoms with E-state index in [9.17, 15) is 10.1 Å². The molecule has 0 amide bonds. The first kappa shape index (κ1) is 27.0. The Hall–Kier alpha value is -2.04. The van der Waals surface area contributed by atoms with Gasteiger partial charge in [-0.2, -0.15) is 5.26 Å². The number of esters is 1. The van der Waals surface area contributed by atoms with Crippen LogP contribution in [0.15, 0.2) is 78.9 Å². The summed E-state index contributed by atoms with van der Waals surface area (Å²) in [4.78, 5) is 13.0. The highest BCUT2D eigenvalue weighted by atomic mass is 79.9. The molecule has 1 fully saturated rings. The van der Waals surface area contributed by atoms with E-state index in [0.29, 0.717) is 22.1 Å². The summed E-state index contributed by atoms with van der Waals surface area (Å²) in [5.74, 6) is 0.209. The predicted molar refractivity (Wildman–Crippen MR) is 149 cm³/mol.